The number of aromatic nitrogens is 1. The molecule has 0 bridgehead atoms. The Labute approximate surface area is 186 Å². The van der Waals surface area contributed by atoms with E-state index in [4.69, 9.17) is 16.6 Å². The van der Waals surface area contributed by atoms with E-state index < -0.39 is 0 Å². The number of carbonyl (C=O) groups excluding carboxylic acids is 2. The van der Waals surface area contributed by atoms with Gasteiger partial charge in [-0.3, -0.25) is 4.79 Å². The van der Waals surface area contributed by atoms with Gasteiger partial charge in [-0.15, -0.1) is 11.3 Å². The van der Waals surface area contributed by atoms with E-state index in [1.807, 2.05) is 28.0 Å². The smallest absolute Gasteiger partial charge is 0.317 e. The van der Waals surface area contributed by atoms with Crippen molar-refractivity contribution in [2.75, 3.05) is 32.7 Å². The number of benzene rings is 1. The lowest BCUT2D eigenvalue weighted by Crippen LogP contribution is -2.45. The fraction of sp³-hybridized carbons (Fsp3) is 0.591. The van der Waals surface area contributed by atoms with Gasteiger partial charge in [-0.1, -0.05) is 24.4 Å². The molecule has 8 heteroatoms. The molecular weight excluding hydrogens is 420 g/mol. The molecule has 6 nitrogen and oxygen atoms in total. The topological polar surface area (TPSA) is 65.5 Å². The van der Waals surface area contributed by atoms with Crippen molar-refractivity contribution in [2.45, 2.75) is 50.9 Å². The first kappa shape index (κ1) is 21.4. The lowest BCUT2D eigenvalue weighted by Gasteiger charge is -2.31. The quantitative estimate of drug-likeness (QED) is 0.741. The van der Waals surface area contributed by atoms with Crippen LogP contribution in [0.2, 0.25) is 5.02 Å². The first-order valence-corrected chi connectivity index (χ1v) is 12.2. The third-order valence-electron chi connectivity index (χ3n) is 6.07. The number of thiazole rings is 1. The van der Waals surface area contributed by atoms with Crippen molar-refractivity contribution in [3.05, 3.63) is 28.2 Å². The van der Waals surface area contributed by atoms with Crippen molar-refractivity contribution in [3.63, 3.8) is 0 Å². The van der Waals surface area contributed by atoms with Crippen LogP contribution in [0.1, 0.15) is 55.9 Å². The fourth-order valence-corrected chi connectivity index (χ4v) is 5.57. The minimum Gasteiger partial charge on any atom is -0.343 e. The Hall–Kier alpha value is -1.86. The molecule has 0 aliphatic carbocycles. The SMILES string of the molecule is O=C(CCNC(=O)N1CCC(c2nc3cc(Cl)ccc3s2)CC1)N1CCCCCC1. The molecule has 30 heavy (non-hydrogen) atoms. The van der Waals surface area contributed by atoms with E-state index in [0.29, 0.717) is 37.0 Å². The van der Waals surface area contributed by atoms with Gasteiger partial charge in [0.15, 0.2) is 0 Å². The van der Waals surface area contributed by atoms with Gasteiger partial charge < -0.3 is 15.1 Å². The van der Waals surface area contributed by atoms with Crippen LogP contribution in [0.25, 0.3) is 10.2 Å². The average molecular weight is 449 g/mol. The van der Waals surface area contributed by atoms with Crippen LogP contribution in [0.5, 0.6) is 0 Å². The summed E-state index contributed by atoms with van der Waals surface area (Å²) in [6.45, 7) is 3.56. The van der Waals surface area contributed by atoms with Crippen LogP contribution < -0.4 is 5.32 Å². The molecule has 0 radical (unpaired) electrons. The third kappa shape index (κ3) is 5.24. The van der Waals surface area contributed by atoms with E-state index in [0.717, 1.165) is 54.0 Å². The predicted octanol–water partition coefficient (Wildman–Crippen LogP) is 4.63. The summed E-state index contributed by atoms with van der Waals surface area (Å²) >= 11 is 7.79. The maximum atomic E-state index is 12.5. The van der Waals surface area contributed by atoms with E-state index in [1.165, 1.54) is 12.8 Å². The van der Waals surface area contributed by atoms with E-state index in [-0.39, 0.29) is 11.9 Å². The molecule has 4 rings (SSSR count). The molecule has 3 heterocycles. The molecule has 2 aliphatic heterocycles. The number of fused-ring (bicyclic) bond motifs is 1. The maximum Gasteiger partial charge on any atom is 0.317 e. The molecule has 0 saturated carbocycles. The second kappa shape index (κ2) is 9.96. The summed E-state index contributed by atoms with van der Waals surface area (Å²) in [5, 5.41) is 4.78. The lowest BCUT2D eigenvalue weighted by atomic mass is 9.98. The van der Waals surface area contributed by atoms with Crippen LogP contribution in [-0.4, -0.2) is 59.4 Å². The Kier molecular flexibility index (Phi) is 7.10. The number of urea groups is 1. The van der Waals surface area contributed by atoms with Crippen molar-refractivity contribution in [3.8, 4) is 0 Å². The molecular formula is C22H29ClN4O2S. The Bertz CT molecular complexity index is 886. The lowest BCUT2D eigenvalue weighted by molar-refractivity contribution is -0.131. The minimum atomic E-state index is -0.0619. The standard InChI is InChI=1S/C22H29ClN4O2S/c23-17-5-6-19-18(15-17)25-21(30-19)16-8-13-27(14-9-16)22(29)24-10-7-20(28)26-11-3-1-2-4-12-26/h5-6,15-16H,1-4,7-14H2,(H,24,29). The van der Waals surface area contributed by atoms with E-state index >= 15 is 0 Å². The van der Waals surface area contributed by atoms with Crippen LogP contribution in [0.3, 0.4) is 0 Å². The van der Waals surface area contributed by atoms with Crippen LogP contribution in [0.15, 0.2) is 18.2 Å². The maximum absolute atomic E-state index is 12.5. The van der Waals surface area contributed by atoms with Crippen LogP contribution in [-0.2, 0) is 4.79 Å². The largest absolute Gasteiger partial charge is 0.343 e. The third-order valence-corrected chi connectivity index (χ3v) is 7.51. The number of hydrogen-bond donors (Lipinski definition) is 1. The number of nitrogens with one attached hydrogen (secondary N) is 1. The molecule has 3 amide bonds. The van der Waals surface area contributed by atoms with Gasteiger partial charge in [0.1, 0.15) is 0 Å². The van der Waals surface area contributed by atoms with Gasteiger partial charge >= 0.3 is 6.03 Å². The summed E-state index contributed by atoms with van der Waals surface area (Å²) in [7, 11) is 0. The van der Waals surface area contributed by atoms with Crippen LogP contribution in [0, 0.1) is 0 Å². The molecule has 2 saturated heterocycles. The van der Waals surface area contributed by atoms with Crippen molar-refractivity contribution in [1.82, 2.24) is 20.1 Å². The molecule has 1 N–H and O–H groups in total. The van der Waals surface area contributed by atoms with Crippen molar-refractivity contribution >= 4 is 45.1 Å². The van der Waals surface area contributed by atoms with Crippen LogP contribution >= 0.6 is 22.9 Å². The zero-order valence-corrected chi connectivity index (χ0v) is 18.8. The zero-order chi connectivity index (χ0) is 20.9. The predicted molar refractivity (Wildman–Crippen MR) is 121 cm³/mol. The van der Waals surface area contributed by atoms with Crippen molar-refractivity contribution in [2.24, 2.45) is 0 Å². The van der Waals surface area contributed by atoms with E-state index in [9.17, 15) is 9.59 Å². The number of piperidine rings is 1. The highest BCUT2D eigenvalue weighted by atomic mass is 35.5. The molecule has 2 fully saturated rings. The van der Waals surface area contributed by atoms with Gasteiger partial charge in [-0.2, -0.15) is 0 Å². The number of carbonyl (C=O) groups is 2. The monoisotopic (exact) mass is 448 g/mol. The van der Waals surface area contributed by atoms with Gasteiger partial charge in [-0.05, 0) is 43.9 Å². The summed E-state index contributed by atoms with van der Waals surface area (Å²) in [5.41, 5.74) is 0.955. The number of rotatable bonds is 4. The van der Waals surface area contributed by atoms with Gasteiger partial charge in [0, 0.05) is 50.1 Å². The summed E-state index contributed by atoms with van der Waals surface area (Å²) < 4.78 is 1.16. The van der Waals surface area contributed by atoms with Crippen molar-refractivity contribution < 1.29 is 9.59 Å². The van der Waals surface area contributed by atoms with Crippen LogP contribution in [0.4, 0.5) is 4.79 Å². The molecule has 2 aromatic rings. The normalized spacial score (nSPS) is 18.4. The highest BCUT2D eigenvalue weighted by Gasteiger charge is 2.26. The number of nitrogens with zero attached hydrogens (tertiary/aromatic N) is 3. The summed E-state index contributed by atoms with van der Waals surface area (Å²) in [6.07, 6.45) is 6.81. The van der Waals surface area contributed by atoms with Crippen molar-refractivity contribution in [1.29, 1.82) is 0 Å². The second-order valence-corrected chi connectivity index (χ2v) is 9.70. The highest BCUT2D eigenvalue weighted by molar-refractivity contribution is 7.18. The van der Waals surface area contributed by atoms with Gasteiger partial charge in [-0.25, -0.2) is 9.78 Å². The first-order valence-electron chi connectivity index (χ1n) is 11.0. The molecule has 0 unspecified atom stereocenters. The first-order chi connectivity index (χ1) is 14.6. The Balaban J connectivity index is 1.21. The molecule has 162 valence electrons. The molecule has 0 spiro atoms. The number of hydrogen-bond acceptors (Lipinski definition) is 4. The average Bonchev–Trinajstić information content (AvgIpc) is 2.98. The van der Waals surface area contributed by atoms with Gasteiger partial charge in [0.05, 0.1) is 15.2 Å². The van der Waals surface area contributed by atoms with E-state index in [1.54, 1.807) is 11.3 Å². The molecule has 1 aromatic heterocycles. The minimum absolute atomic E-state index is 0.0619. The molecule has 2 aliphatic rings. The van der Waals surface area contributed by atoms with Gasteiger partial charge in [0.2, 0.25) is 5.91 Å². The second-order valence-electron chi connectivity index (χ2n) is 8.20. The summed E-state index contributed by atoms with van der Waals surface area (Å²) in [6, 6.07) is 5.77. The number of amides is 3. The summed E-state index contributed by atoms with van der Waals surface area (Å²) in [4.78, 5) is 33.4. The summed E-state index contributed by atoms with van der Waals surface area (Å²) in [5.74, 6) is 0.543. The van der Waals surface area contributed by atoms with Gasteiger partial charge in [0.25, 0.3) is 0 Å². The Morgan fingerprint density at radius 2 is 1.80 bits per heavy atom. The Morgan fingerprint density at radius 1 is 1.07 bits per heavy atom. The van der Waals surface area contributed by atoms with E-state index in [2.05, 4.69) is 5.32 Å². The number of likely N-dealkylation sites (tertiary alicyclic amines) is 2. The Morgan fingerprint density at radius 3 is 2.53 bits per heavy atom. The zero-order valence-electron chi connectivity index (χ0n) is 17.2. The molecule has 1 aromatic carbocycles. The molecule has 0 atom stereocenters. The highest BCUT2D eigenvalue weighted by Crippen LogP contribution is 2.34. The fourth-order valence-electron chi connectivity index (χ4n) is 4.29. The number of halogens is 1.